The van der Waals surface area contributed by atoms with Gasteiger partial charge in [0.1, 0.15) is 11.6 Å². The van der Waals surface area contributed by atoms with Crippen LogP contribution in [0, 0.1) is 0 Å². The molecule has 0 amide bonds. The molecular formula is C8H9N3O3S. The molecule has 0 spiro atoms. The Morgan fingerprint density at radius 2 is 2.20 bits per heavy atom. The van der Waals surface area contributed by atoms with Crippen LogP contribution in [0.1, 0.15) is 5.56 Å². The molecule has 1 aliphatic rings. The van der Waals surface area contributed by atoms with E-state index in [4.69, 9.17) is 10.5 Å². The van der Waals surface area contributed by atoms with E-state index in [1.165, 1.54) is 7.11 Å². The van der Waals surface area contributed by atoms with Crippen molar-refractivity contribution in [2.75, 3.05) is 11.8 Å². The van der Waals surface area contributed by atoms with Crippen molar-refractivity contribution in [1.29, 1.82) is 0 Å². The maximum absolute atomic E-state index is 11.2. The van der Waals surface area contributed by atoms with Gasteiger partial charge in [0.15, 0.2) is 0 Å². The molecule has 0 radical (unpaired) electrons. The van der Waals surface area contributed by atoms with Crippen LogP contribution in [0.25, 0.3) is 0 Å². The van der Waals surface area contributed by atoms with Crippen LogP contribution in [0.4, 0.5) is 5.69 Å². The molecule has 0 saturated heterocycles. The van der Waals surface area contributed by atoms with Gasteiger partial charge in [-0.25, -0.2) is 0 Å². The van der Waals surface area contributed by atoms with E-state index in [-0.39, 0.29) is 5.84 Å². The van der Waals surface area contributed by atoms with Gasteiger partial charge >= 0.3 is 10.2 Å². The molecule has 1 heterocycles. The number of benzene rings is 1. The Morgan fingerprint density at radius 1 is 1.47 bits per heavy atom. The van der Waals surface area contributed by atoms with E-state index in [1.807, 2.05) is 0 Å². The summed E-state index contributed by atoms with van der Waals surface area (Å²) in [5, 5.41) is 0. The first-order valence-corrected chi connectivity index (χ1v) is 5.52. The highest BCUT2D eigenvalue weighted by atomic mass is 32.2. The molecule has 0 fully saturated rings. The number of rotatable bonds is 1. The van der Waals surface area contributed by atoms with E-state index in [2.05, 4.69) is 9.12 Å². The molecule has 0 aromatic heterocycles. The third kappa shape index (κ3) is 1.73. The number of fused-ring (bicyclic) bond motifs is 1. The minimum absolute atomic E-state index is 0.0218. The summed E-state index contributed by atoms with van der Waals surface area (Å²) in [6, 6.07) is 4.88. The second kappa shape index (κ2) is 3.13. The van der Waals surface area contributed by atoms with Gasteiger partial charge < -0.3 is 10.5 Å². The Morgan fingerprint density at radius 3 is 2.87 bits per heavy atom. The number of amidine groups is 1. The van der Waals surface area contributed by atoms with Crippen molar-refractivity contribution in [3.05, 3.63) is 23.8 Å². The van der Waals surface area contributed by atoms with E-state index >= 15 is 0 Å². The molecule has 15 heavy (non-hydrogen) atoms. The molecule has 0 aliphatic carbocycles. The van der Waals surface area contributed by atoms with Gasteiger partial charge in [-0.15, -0.1) is 4.40 Å². The summed E-state index contributed by atoms with van der Waals surface area (Å²) >= 11 is 0. The van der Waals surface area contributed by atoms with Crippen LogP contribution in [-0.4, -0.2) is 21.4 Å². The highest BCUT2D eigenvalue weighted by molar-refractivity contribution is 7.91. The molecule has 2 rings (SSSR count). The number of hydrogen-bond acceptors (Lipinski definition) is 4. The lowest BCUT2D eigenvalue weighted by atomic mass is 10.1. The third-order valence-corrected chi connectivity index (χ3v) is 2.88. The van der Waals surface area contributed by atoms with Crippen molar-refractivity contribution in [2.24, 2.45) is 10.1 Å². The maximum Gasteiger partial charge on any atom is 0.344 e. The summed E-state index contributed by atoms with van der Waals surface area (Å²) < 4.78 is 33.0. The number of nitrogens with two attached hydrogens (primary N) is 1. The van der Waals surface area contributed by atoms with Crippen LogP contribution in [0.15, 0.2) is 22.6 Å². The van der Waals surface area contributed by atoms with Crippen molar-refractivity contribution in [3.63, 3.8) is 0 Å². The molecule has 0 unspecified atom stereocenters. The SMILES string of the molecule is COc1ccc2c(c1)NS(=O)(=O)N=C2N. The second-order valence-corrected chi connectivity index (χ2v) is 4.30. The van der Waals surface area contributed by atoms with Crippen LogP contribution < -0.4 is 15.2 Å². The Labute approximate surface area is 87.0 Å². The average molecular weight is 227 g/mol. The lowest BCUT2D eigenvalue weighted by Crippen LogP contribution is -2.26. The molecular weight excluding hydrogens is 218 g/mol. The quantitative estimate of drug-likeness (QED) is 0.710. The molecule has 80 valence electrons. The molecule has 1 aliphatic heterocycles. The fraction of sp³-hybridized carbons (Fsp3) is 0.125. The zero-order chi connectivity index (χ0) is 11.1. The van der Waals surface area contributed by atoms with E-state index in [9.17, 15) is 8.42 Å². The molecule has 1 aromatic carbocycles. The van der Waals surface area contributed by atoms with Gasteiger partial charge in [-0.3, -0.25) is 4.72 Å². The number of nitrogens with one attached hydrogen (secondary N) is 1. The van der Waals surface area contributed by atoms with Gasteiger partial charge in [0.05, 0.1) is 12.8 Å². The number of methoxy groups -OCH3 is 1. The van der Waals surface area contributed by atoms with Crippen LogP contribution >= 0.6 is 0 Å². The summed E-state index contributed by atoms with van der Waals surface area (Å²) in [6.07, 6.45) is 0. The van der Waals surface area contributed by atoms with E-state index in [0.717, 1.165) is 0 Å². The largest absolute Gasteiger partial charge is 0.497 e. The first-order chi connectivity index (χ1) is 7.02. The normalized spacial score (nSPS) is 17.3. The molecule has 1 aromatic rings. The molecule has 6 nitrogen and oxygen atoms in total. The summed E-state index contributed by atoms with van der Waals surface area (Å²) in [5.41, 5.74) is 6.43. The first kappa shape index (κ1) is 9.78. The predicted molar refractivity (Wildman–Crippen MR) is 56.3 cm³/mol. The lowest BCUT2D eigenvalue weighted by Gasteiger charge is -2.16. The van der Waals surface area contributed by atoms with Crippen molar-refractivity contribution < 1.29 is 13.2 Å². The number of hydrogen-bond donors (Lipinski definition) is 2. The van der Waals surface area contributed by atoms with Crippen molar-refractivity contribution in [3.8, 4) is 5.75 Å². The topological polar surface area (TPSA) is 93.8 Å². The summed E-state index contributed by atoms with van der Waals surface area (Å²) in [6.45, 7) is 0. The van der Waals surface area contributed by atoms with Crippen LogP contribution in [-0.2, 0) is 10.2 Å². The zero-order valence-electron chi connectivity index (χ0n) is 7.89. The summed E-state index contributed by atoms with van der Waals surface area (Å²) in [4.78, 5) is 0. The Balaban J connectivity index is 2.60. The standard InChI is InChI=1S/C8H9N3O3S/c1-14-5-2-3-6-7(4-5)10-15(12,13)11-8(6)9/h2-4,10H,1H3,(H2,9,11). The summed E-state index contributed by atoms with van der Waals surface area (Å²) in [7, 11) is -2.22. The maximum atomic E-state index is 11.2. The lowest BCUT2D eigenvalue weighted by molar-refractivity contribution is 0.415. The fourth-order valence-electron chi connectivity index (χ4n) is 1.30. The van der Waals surface area contributed by atoms with Gasteiger partial charge in [0.25, 0.3) is 0 Å². The Hall–Kier alpha value is -1.76. The van der Waals surface area contributed by atoms with E-state index in [0.29, 0.717) is 17.0 Å². The van der Waals surface area contributed by atoms with Crippen LogP contribution in [0.3, 0.4) is 0 Å². The van der Waals surface area contributed by atoms with Gasteiger partial charge in [0.2, 0.25) is 0 Å². The number of ether oxygens (including phenoxy) is 1. The summed E-state index contributed by atoms with van der Waals surface area (Å²) in [5.74, 6) is 0.526. The second-order valence-electron chi connectivity index (χ2n) is 2.97. The zero-order valence-corrected chi connectivity index (χ0v) is 8.71. The van der Waals surface area contributed by atoms with Gasteiger partial charge in [-0.1, -0.05) is 0 Å². The predicted octanol–water partition coefficient (Wildman–Crippen LogP) is 0.0708. The highest BCUT2D eigenvalue weighted by Crippen LogP contribution is 2.26. The van der Waals surface area contributed by atoms with Gasteiger partial charge in [-0.05, 0) is 12.1 Å². The minimum Gasteiger partial charge on any atom is -0.497 e. The van der Waals surface area contributed by atoms with Crippen molar-refractivity contribution >= 4 is 21.7 Å². The van der Waals surface area contributed by atoms with Gasteiger partial charge in [-0.2, -0.15) is 8.42 Å². The smallest absolute Gasteiger partial charge is 0.344 e. The van der Waals surface area contributed by atoms with Crippen molar-refractivity contribution in [2.45, 2.75) is 0 Å². The number of nitrogens with zero attached hydrogens (tertiary/aromatic N) is 1. The van der Waals surface area contributed by atoms with Crippen LogP contribution in [0.5, 0.6) is 5.75 Å². The fourth-order valence-corrected chi connectivity index (χ4v) is 2.15. The highest BCUT2D eigenvalue weighted by Gasteiger charge is 2.20. The van der Waals surface area contributed by atoms with Crippen LogP contribution in [0.2, 0.25) is 0 Å². The Kier molecular flexibility index (Phi) is 2.04. The molecule has 0 atom stereocenters. The van der Waals surface area contributed by atoms with E-state index in [1.54, 1.807) is 18.2 Å². The molecule has 0 saturated carbocycles. The molecule has 3 N–H and O–H groups in total. The van der Waals surface area contributed by atoms with Gasteiger partial charge in [0, 0.05) is 11.6 Å². The monoisotopic (exact) mass is 227 g/mol. The third-order valence-electron chi connectivity index (χ3n) is 1.96. The van der Waals surface area contributed by atoms with Crippen molar-refractivity contribution in [1.82, 2.24) is 0 Å². The minimum atomic E-state index is -3.71. The van der Waals surface area contributed by atoms with E-state index < -0.39 is 10.2 Å². The number of anilines is 1. The average Bonchev–Trinajstić information content (AvgIpc) is 2.14. The molecule has 7 heteroatoms. The molecule has 0 bridgehead atoms. The first-order valence-electron chi connectivity index (χ1n) is 4.08. The Bertz CT molecular complexity index is 536.